The molecule has 2 heterocycles. The number of anilines is 1. The van der Waals surface area contributed by atoms with E-state index in [1.165, 1.54) is 11.3 Å². The molecule has 0 spiro atoms. The highest BCUT2D eigenvalue weighted by Crippen LogP contribution is 2.20. The third-order valence-electron chi connectivity index (χ3n) is 2.10. The van der Waals surface area contributed by atoms with Gasteiger partial charge in [-0.2, -0.15) is 5.10 Å². The fraction of sp³-hybridized carbons (Fsp3) is 0.300. The van der Waals surface area contributed by atoms with E-state index >= 15 is 0 Å². The number of carbonyl (C=O) groups excluding carboxylic acids is 1. The Hall–Kier alpha value is -1.21. The lowest BCUT2D eigenvalue weighted by Gasteiger charge is -1.98. The van der Waals surface area contributed by atoms with E-state index in [0.717, 1.165) is 11.4 Å². The average Bonchev–Trinajstić information content (AvgIpc) is 2.85. The van der Waals surface area contributed by atoms with E-state index in [0.29, 0.717) is 15.3 Å². The number of amides is 1. The van der Waals surface area contributed by atoms with Crippen LogP contribution in [0.1, 0.15) is 22.3 Å². The molecule has 1 amide bonds. The third-order valence-corrected chi connectivity index (χ3v) is 3.51. The van der Waals surface area contributed by atoms with Gasteiger partial charge in [-0.25, -0.2) is 4.98 Å². The molecule has 2 rings (SSSR count). The summed E-state index contributed by atoms with van der Waals surface area (Å²) in [6, 6.07) is 0. The predicted molar refractivity (Wildman–Crippen MR) is 70.4 cm³/mol. The summed E-state index contributed by atoms with van der Waals surface area (Å²) in [5.74, 6) is -0.251. The fourth-order valence-corrected chi connectivity index (χ4v) is 2.44. The van der Waals surface area contributed by atoms with E-state index < -0.39 is 0 Å². The van der Waals surface area contributed by atoms with Gasteiger partial charge in [0.15, 0.2) is 10.8 Å². The quantitative estimate of drug-likeness (QED) is 0.947. The van der Waals surface area contributed by atoms with Gasteiger partial charge in [0.2, 0.25) is 0 Å². The van der Waals surface area contributed by atoms with Crippen molar-refractivity contribution in [1.29, 1.82) is 0 Å². The molecule has 0 unspecified atom stereocenters. The Morgan fingerprint density at radius 1 is 1.65 bits per heavy atom. The summed E-state index contributed by atoms with van der Waals surface area (Å²) in [4.78, 5) is 17.1. The molecule has 0 aliphatic rings. The van der Waals surface area contributed by atoms with Crippen molar-refractivity contribution in [3.05, 3.63) is 27.4 Å². The maximum Gasteiger partial charge on any atom is 0.279 e. The standard InChI is InChI=1S/C10H11BrN4OS/c1-3-15-5-7(11)8(14-15)9(16)13-10-12-4-6(2)17-10/h4-5H,3H2,1-2H3,(H,12,13,16). The lowest BCUT2D eigenvalue weighted by Crippen LogP contribution is -2.13. The molecule has 7 heteroatoms. The molecule has 5 nitrogen and oxygen atoms in total. The van der Waals surface area contributed by atoms with Crippen molar-refractivity contribution in [2.24, 2.45) is 0 Å². The van der Waals surface area contributed by atoms with E-state index in [1.54, 1.807) is 17.1 Å². The number of halogens is 1. The first-order valence-electron chi connectivity index (χ1n) is 5.07. The first-order valence-corrected chi connectivity index (χ1v) is 6.68. The van der Waals surface area contributed by atoms with Gasteiger partial charge >= 0.3 is 0 Å². The number of aromatic nitrogens is 3. The molecule has 1 N–H and O–H groups in total. The van der Waals surface area contributed by atoms with Crippen molar-refractivity contribution >= 4 is 38.3 Å². The van der Waals surface area contributed by atoms with Gasteiger partial charge in [0, 0.05) is 23.8 Å². The lowest BCUT2D eigenvalue weighted by molar-refractivity contribution is 0.102. The number of hydrogen-bond donors (Lipinski definition) is 1. The number of aryl methyl sites for hydroxylation is 2. The van der Waals surface area contributed by atoms with Crippen molar-refractivity contribution in [3.8, 4) is 0 Å². The predicted octanol–water partition coefficient (Wildman–Crippen LogP) is 2.68. The van der Waals surface area contributed by atoms with Crippen LogP contribution in [0, 0.1) is 6.92 Å². The van der Waals surface area contributed by atoms with Crippen LogP contribution < -0.4 is 5.32 Å². The Morgan fingerprint density at radius 2 is 2.41 bits per heavy atom. The molecule has 0 atom stereocenters. The highest BCUT2D eigenvalue weighted by molar-refractivity contribution is 9.10. The molecular formula is C10H11BrN4OS. The molecule has 0 radical (unpaired) electrons. The SMILES string of the molecule is CCn1cc(Br)c(C(=O)Nc2ncc(C)s2)n1. The first-order chi connectivity index (χ1) is 8.10. The van der Waals surface area contributed by atoms with Gasteiger partial charge in [-0.05, 0) is 29.8 Å². The second-order valence-corrected chi connectivity index (χ2v) is 5.50. The summed E-state index contributed by atoms with van der Waals surface area (Å²) in [5, 5.41) is 7.47. The molecule has 17 heavy (non-hydrogen) atoms. The van der Waals surface area contributed by atoms with Gasteiger partial charge in [-0.15, -0.1) is 11.3 Å². The van der Waals surface area contributed by atoms with E-state index in [-0.39, 0.29) is 5.91 Å². The largest absolute Gasteiger partial charge is 0.296 e. The second kappa shape index (κ2) is 4.97. The van der Waals surface area contributed by atoms with Gasteiger partial charge in [0.1, 0.15) is 0 Å². The Morgan fingerprint density at radius 3 is 2.94 bits per heavy atom. The van der Waals surface area contributed by atoms with Crippen molar-refractivity contribution in [1.82, 2.24) is 14.8 Å². The molecule has 90 valence electrons. The van der Waals surface area contributed by atoms with Crippen LogP contribution in [0.25, 0.3) is 0 Å². The second-order valence-electron chi connectivity index (χ2n) is 3.41. The van der Waals surface area contributed by atoms with Crippen LogP contribution in [0.4, 0.5) is 5.13 Å². The summed E-state index contributed by atoms with van der Waals surface area (Å²) in [5.41, 5.74) is 0.375. The van der Waals surface area contributed by atoms with Gasteiger partial charge < -0.3 is 0 Å². The van der Waals surface area contributed by atoms with Crippen LogP contribution in [0.2, 0.25) is 0 Å². The third kappa shape index (κ3) is 2.73. The Balaban J connectivity index is 2.16. The molecule has 2 aromatic rings. The Labute approximate surface area is 111 Å². The van der Waals surface area contributed by atoms with Crippen LogP contribution in [-0.4, -0.2) is 20.7 Å². The zero-order valence-electron chi connectivity index (χ0n) is 9.40. The van der Waals surface area contributed by atoms with Crippen LogP contribution in [-0.2, 0) is 6.54 Å². The van der Waals surface area contributed by atoms with Gasteiger partial charge in [-0.3, -0.25) is 14.8 Å². The molecule has 0 aliphatic carbocycles. The van der Waals surface area contributed by atoms with Crippen LogP contribution in [0.15, 0.2) is 16.9 Å². The minimum Gasteiger partial charge on any atom is -0.296 e. The summed E-state index contributed by atoms with van der Waals surface area (Å²) in [6.45, 7) is 4.63. The first kappa shape index (κ1) is 12.3. The molecule has 0 fully saturated rings. The molecule has 0 saturated heterocycles. The smallest absolute Gasteiger partial charge is 0.279 e. The van der Waals surface area contributed by atoms with Crippen molar-refractivity contribution in [2.75, 3.05) is 5.32 Å². The molecular weight excluding hydrogens is 304 g/mol. The van der Waals surface area contributed by atoms with E-state index in [4.69, 9.17) is 0 Å². The monoisotopic (exact) mass is 314 g/mol. The maximum absolute atomic E-state index is 11.9. The molecule has 0 saturated carbocycles. The Bertz CT molecular complexity index is 548. The van der Waals surface area contributed by atoms with E-state index in [1.807, 2.05) is 13.8 Å². The minimum absolute atomic E-state index is 0.251. The Kier molecular flexibility index (Phi) is 3.58. The molecule has 0 aliphatic heterocycles. The van der Waals surface area contributed by atoms with Crippen molar-refractivity contribution in [3.63, 3.8) is 0 Å². The van der Waals surface area contributed by atoms with Crippen LogP contribution in [0.3, 0.4) is 0 Å². The maximum atomic E-state index is 11.9. The number of nitrogens with zero attached hydrogens (tertiary/aromatic N) is 3. The molecule has 0 bridgehead atoms. The van der Waals surface area contributed by atoms with Crippen LogP contribution in [0.5, 0.6) is 0 Å². The highest BCUT2D eigenvalue weighted by Gasteiger charge is 2.16. The van der Waals surface area contributed by atoms with Gasteiger partial charge in [0.05, 0.1) is 4.47 Å². The lowest BCUT2D eigenvalue weighted by atomic mass is 10.4. The summed E-state index contributed by atoms with van der Waals surface area (Å²) in [7, 11) is 0. The van der Waals surface area contributed by atoms with E-state index in [9.17, 15) is 4.79 Å². The molecule has 0 aromatic carbocycles. The highest BCUT2D eigenvalue weighted by atomic mass is 79.9. The van der Waals surface area contributed by atoms with Crippen molar-refractivity contribution in [2.45, 2.75) is 20.4 Å². The summed E-state index contributed by atoms with van der Waals surface area (Å²) < 4.78 is 2.39. The zero-order chi connectivity index (χ0) is 12.4. The number of rotatable bonds is 3. The topological polar surface area (TPSA) is 59.8 Å². The number of nitrogens with one attached hydrogen (secondary N) is 1. The van der Waals surface area contributed by atoms with Crippen molar-refractivity contribution < 1.29 is 4.79 Å². The summed E-state index contributed by atoms with van der Waals surface area (Å²) >= 11 is 4.75. The zero-order valence-corrected chi connectivity index (χ0v) is 11.8. The van der Waals surface area contributed by atoms with Gasteiger partial charge in [0.25, 0.3) is 5.91 Å². The molecule has 2 aromatic heterocycles. The minimum atomic E-state index is -0.251. The van der Waals surface area contributed by atoms with Gasteiger partial charge in [-0.1, -0.05) is 0 Å². The number of carbonyl (C=O) groups is 1. The normalized spacial score (nSPS) is 10.5. The number of thiazole rings is 1. The number of hydrogen-bond acceptors (Lipinski definition) is 4. The average molecular weight is 315 g/mol. The van der Waals surface area contributed by atoms with E-state index in [2.05, 4.69) is 31.3 Å². The fourth-order valence-electron chi connectivity index (χ4n) is 1.28. The summed E-state index contributed by atoms with van der Waals surface area (Å²) in [6.07, 6.45) is 3.50. The van der Waals surface area contributed by atoms with Crippen LogP contribution >= 0.6 is 27.3 Å².